The summed E-state index contributed by atoms with van der Waals surface area (Å²) in [5.41, 5.74) is 7.57. The standard InChI is InChI=1S/C12H12N4O/c1-16(7-9-2-3-17-8-9)12-10(5-13)4-11(14)6-15-12/h2-4,6,8H,7,14H2,1H3. The first-order chi connectivity index (χ1) is 8.20. The Hall–Kier alpha value is -2.48. The number of hydrogen-bond acceptors (Lipinski definition) is 5. The van der Waals surface area contributed by atoms with Gasteiger partial charge in [0, 0.05) is 19.2 Å². The molecular weight excluding hydrogens is 216 g/mol. The minimum Gasteiger partial charge on any atom is -0.472 e. The van der Waals surface area contributed by atoms with Crippen molar-refractivity contribution in [2.24, 2.45) is 0 Å². The third-order valence-electron chi connectivity index (χ3n) is 2.37. The zero-order chi connectivity index (χ0) is 12.3. The Morgan fingerprint density at radius 2 is 2.41 bits per heavy atom. The molecule has 0 aliphatic heterocycles. The number of nitrogen functional groups attached to an aromatic ring is 1. The van der Waals surface area contributed by atoms with Gasteiger partial charge in [0.25, 0.3) is 0 Å². The highest BCUT2D eigenvalue weighted by Crippen LogP contribution is 2.19. The summed E-state index contributed by atoms with van der Waals surface area (Å²) in [4.78, 5) is 6.06. The zero-order valence-electron chi connectivity index (χ0n) is 9.42. The fraction of sp³-hybridized carbons (Fsp3) is 0.167. The van der Waals surface area contributed by atoms with Gasteiger partial charge in [-0.2, -0.15) is 5.26 Å². The fourth-order valence-corrected chi connectivity index (χ4v) is 1.59. The van der Waals surface area contributed by atoms with Crippen LogP contribution in [-0.4, -0.2) is 12.0 Å². The Bertz CT molecular complexity index is 542. The third kappa shape index (κ3) is 2.37. The molecule has 2 heterocycles. The van der Waals surface area contributed by atoms with Gasteiger partial charge in [0.1, 0.15) is 11.9 Å². The van der Waals surface area contributed by atoms with E-state index in [0.717, 1.165) is 5.56 Å². The molecule has 0 radical (unpaired) electrons. The molecule has 2 aromatic rings. The monoisotopic (exact) mass is 228 g/mol. The molecule has 0 aromatic carbocycles. The molecule has 17 heavy (non-hydrogen) atoms. The van der Waals surface area contributed by atoms with E-state index in [1.54, 1.807) is 24.8 Å². The number of aromatic nitrogens is 1. The molecule has 0 saturated carbocycles. The van der Waals surface area contributed by atoms with Gasteiger partial charge in [0.15, 0.2) is 0 Å². The quantitative estimate of drug-likeness (QED) is 0.865. The predicted molar refractivity (Wildman–Crippen MR) is 64.2 cm³/mol. The van der Waals surface area contributed by atoms with Crippen molar-refractivity contribution in [2.75, 3.05) is 17.7 Å². The third-order valence-corrected chi connectivity index (χ3v) is 2.37. The normalized spacial score (nSPS) is 9.88. The minimum atomic E-state index is 0.469. The highest BCUT2D eigenvalue weighted by molar-refractivity contribution is 5.58. The van der Waals surface area contributed by atoms with Crippen molar-refractivity contribution < 1.29 is 4.42 Å². The average Bonchev–Trinajstić information content (AvgIpc) is 2.81. The number of nitrogens with two attached hydrogens (primary N) is 1. The van der Waals surface area contributed by atoms with E-state index >= 15 is 0 Å². The maximum atomic E-state index is 9.03. The Morgan fingerprint density at radius 3 is 3.06 bits per heavy atom. The Morgan fingerprint density at radius 1 is 1.59 bits per heavy atom. The number of furan rings is 1. The van der Waals surface area contributed by atoms with Crippen molar-refractivity contribution in [1.82, 2.24) is 4.98 Å². The molecule has 0 atom stereocenters. The summed E-state index contributed by atoms with van der Waals surface area (Å²) in [5, 5.41) is 9.03. The molecule has 2 aromatic heterocycles. The molecular formula is C12H12N4O. The highest BCUT2D eigenvalue weighted by atomic mass is 16.3. The van der Waals surface area contributed by atoms with Gasteiger partial charge < -0.3 is 15.1 Å². The van der Waals surface area contributed by atoms with Gasteiger partial charge >= 0.3 is 0 Å². The topological polar surface area (TPSA) is 79.1 Å². The summed E-state index contributed by atoms with van der Waals surface area (Å²) in [7, 11) is 1.87. The Kier molecular flexibility index (Phi) is 2.97. The summed E-state index contributed by atoms with van der Waals surface area (Å²) in [6, 6.07) is 5.58. The smallest absolute Gasteiger partial charge is 0.146 e. The SMILES string of the molecule is CN(Cc1ccoc1)c1ncc(N)cc1C#N. The summed E-state index contributed by atoms with van der Waals surface area (Å²) < 4.78 is 4.99. The Balaban J connectivity index is 2.25. The van der Waals surface area contributed by atoms with E-state index in [2.05, 4.69) is 11.1 Å². The first-order valence-electron chi connectivity index (χ1n) is 5.08. The highest BCUT2D eigenvalue weighted by Gasteiger charge is 2.10. The summed E-state index contributed by atoms with van der Waals surface area (Å²) >= 11 is 0. The van der Waals surface area contributed by atoms with Crippen LogP contribution in [0.4, 0.5) is 11.5 Å². The van der Waals surface area contributed by atoms with Gasteiger partial charge in [-0.1, -0.05) is 0 Å². The van der Waals surface area contributed by atoms with Gasteiger partial charge in [0.2, 0.25) is 0 Å². The lowest BCUT2D eigenvalue weighted by Gasteiger charge is -2.18. The first kappa shape index (κ1) is 11.0. The number of pyridine rings is 1. The van der Waals surface area contributed by atoms with Crippen molar-refractivity contribution in [3.63, 3.8) is 0 Å². The molecule has 0 aliphatic rings. The van der Waals surface area contributed by atoms with Crippen molar-refractivity contribution in [3.05, 3.63) is 42.0 Å². The van der Waals surface area contributed by atoms with E-state index in [9.17, 15) is 0 Å². The van der Waals surface area contributed by atoms with E-state index in [1.165, 1.54) is 0 Å². The van der Waals surface area contributed by atoms with E-state index in [1.807, 2.05) is 18.0 Å². The second kappa shape index (κ2) is 4.58. The van der Waals surface area contributed by atoms with Crippen molar-refractivity contribution in [3.8, 4) is 6.07 Å². The van der Waals surface area contributed by atoms with Crippen LogP contribution in [0, 0.1) is 11.3 Å². The average molecular weight is 228 g/mol. The number of rotatable bonds is 3. The maximum Gasteiger partial charge on any atom is 0.146 e. The van der Waals surface area contributed by atoms with Crippen LogP contribution in [0.3, 0.4) is 0 Å². The summed E-state index contributed by atoms with van der Waals surface area (Å²) in [6.07, 6.45) is 4.83. The minimum absolute atomic E-state index is 0.469. The van der Waals surface area contributed by atoms with E-state index in [0.29, 0.717) is 23.6 Å². The maximum absolute atomic E-state index is 9.03. The molecule has 0 unspecified atom stereocenters. The second-order valence-corrected chi connectivity index (χ2v) is 3.74. The van der Waals surface area contributed by atoms with Gasteiger partial charge in [-0.25, -0.2) is 4.98 Å². The lowest BCUT2D eigenvalue weighted by atomic mass is 10.2. The molecule has 0 spiro atoms. The van der Waals surface area contributed by atoms with Crippen LogP contribution in [-0.2, 0) is 6.54 Å². The van der Waals surface area contributed by atoms with E-state index < -0.39 is 0 Å². The van der Waals surface area contributed by atoms with Crippen LogP contribution < -0.4 is 10.6 Å². The van der Waals surface area contributed by atoms with Gasteiger partial charge in [-0.05, 0) is 12.1 Å². The molecule has 0 aliphatic carbocycles. The van der Waals surface area contributed by atoms with Crippen LogP contribution in [0.15, 0.2) is 35.3 Å². The van der Waals surface area contributed by atoms with Crippen LogP contribution in [0.25, 0.3) is 0 Å². The molecule has 0 saturated heterocycles. The number of nitrogens with zero attached hydrogens (tertiary/aromatic N) is 3. The van der Waals surface area contributed by atoms with Crippen molar-refractivity contribution >= 4 is 11.5 Å². The molecule has 5 heteroatoms. The van der Waals surface area contributed by atoms with Crippen molar-refractivity contribution in [2.45, 2.75) is 6.54 Å². The first-order valence-corrected chi connectivity index (χ1v) is 5.08. The van der Waals surface area contributed by atoms with Crippen LogP contribution >= 0.6 is 0 Å². The lowest BCUT2D eigenvalue weighted by molar-refractivity contribution is 0.563. The number of nitriles is 1. The van der Waals surface area contributed by atoms with E-state index in [-0.39, 0.29) is 0 Å². The largest absolute Gasteiger partial charge is 0.472 e. The molecule has 5 nitrogen and oxygen atoms in total. The van der Waals surface area contributed by atoms with Crippen molar-refractivity contribution in [1.29, 1.82) is 5.26 Å². The molecule has 2 N–H and O–H groups in total. The van der Waals surface area contributed by atoms with Crippen LogP contribution in [0.1, 0.15) is 11.1 Å². The van der Waals surface area contributed by atoms with Crippen LogP contribution in [0.2, 0.25) is 0 Å². The van der Waals surface area contributed by atoms with Crippen LogP contribution in [0.5, 0.6) is 0 Å². The number of anilines is 2. The predicted octanol–water partition coefficient (Wildman–Crippen LogP) is 1.76. The van der Waals surface area contributed by atoms with Gasteiger partial charge in [0.05, 0.1) is 30.0 Å². The lowest BCUT2D eigenvalue weighted by Crippen LogP contribution is -2.18. The molecule has 0 bridgehead atoms. The summed E-state index contributed by atoms with van der Waals surface area (Å²) in [5.74, 6) is 0.614. The zero-order valence-corrected chi connectivity index (χ0v) is 9.42. The van der Waals surface area contributed by atoms with Gasteiger partial charge in [-0.3, -0.25) is 0 Å². The summed E-state index contributed by atoms with van der Waals surface area (Å²) in [6.45, 7) is 0.627. The van der Waals surface area contributed by atoms with Gasteiger partial charge in [-0.15, -0.1) is 0 Å². The molecule has 0 fully saturated rings. The molecule has 2 rings (SSSR count). The molecule has 86 valence electrons. The Labute approximate surface area is 99.1 Å². The van der Waals surface area contributed by atoms with E-state index in [4.69, 9.17) is 15.4 Å². The molecule has 0 amide bonds. The number of hydrogen-bond donors (Lipinski definition) is 1. The fourth-order valence-electron chi connectivity index (χ4n) is 1.59. The second-order valence-electron chi connectivity index (χ2n) is 3.74.